The number of nitrogens with zero attached hydrogens (tertiary/aromatic N) is 3. The fraction of sp³-hybridized carbons (Fsp3) is 0.382. The van der Waals surface area contributed by atoms with Crippen molar-refractivity contribution >= 4 is 38.3 Å². The van der Waals surface area contributed by atoms with Crippen LogP contribution >= 0.6 is 0 Å². The van der Waals surface area contributed by atoms with Gasteiger partial charge in [-0.15, -0.1) is 0 Å². The monoisotopic (exact) mass is 601 g/mol. The highest BCUT2D eigenvalue weighted by molar-refractivity contribution is 7.92. The molecule has 43 heavy (non-hydrogen) atoms. The molecule has 4 aromatic rings. The summed E-state index contributed by atoms with van der Waals surface area (Å²) in [6.07, 6.45) is 6.05. The second-order valence-electron chi connectivity index (χ2n) is 11.5. The predicted octanol–water partition coefficient (Wildman–Crippen LogP) is 6.75. The molecule has 2 N–H and O–H groups in total. The van der Waals surface area contributed by atoms with Crippen LogP contribution in [0.4, 0.5) is 11.5 Å². The number of carbonyl (C=O) groups is 1. The number of hydrogen-bond donors (Lipinski definition) is 2. The summed E-state index contributed by atoms with van der Waals surface area (Å²) in [7, 11) is 0.297. The van der Waals surface area contributed by atoms with E-state index in [0.717, 1.165) is 46.9 Å². The molecule has 0 saturated heterocycles. The number of fused-ring (bicyclic) bond motifs is 1. The van der Waals surface area contributed by atoms with Crippen molar-refractivity contribution in [1.29, 1.82) is 0 Å². The molecule has 1 aromatic heterocycles. The highest BCUT2D eigenvalue weighted by Crippen LogP contribution is 2.30. The Morgan fingerprint density at radius 3 is 2.23 bits per heavy atom. The number of carbonyl (C=O) groups excluding carboxylic acids is 1. The van der Waals surface area contributed by atoms with Gasteiger partial charge in [0, 0.05) is 37.3 Å². The summed E-state index contributed by atoms with van der Waals surface area (Å²) in [6.45, 7) is 6.74. The third-order valence-corrected chi connectivity index (χ3v) is 9.32. The molecule has 1 aliphatic carbocycles. The summed E-state index contributed by atoms with van der Waals surface area (Å²) >= 11 is 0. The van der Waals surface area contributed by atoms with Gasteiger partial charge in [0.15, 0.2) is 0 Å². The van der Waals surface area contributed by atoms with Gasteiger partial charge in [-0.1, -0.05) is 62.1 Å². The zero-order valence-corrected chi connectivity index (χ0v) is 26.6. The molecule has 0 unspecified atom stereocenters. The minimum absolute atomic E-state index is 0.168. The van der Waals surface area contributed by atoms with Gasteiger partial charge in [-0.2, -0.15) is 0 Å². The van der Waals surface area contributed by atoms with Crippen molar-refractivity contribution in [3.63, 3.8) is 0 Å². The number of hydrogen-bond acceptors (Lipinski definition) is 6. The average Bonchev–Trinajstić information content (AvgIpc) is 3.00. The van der Waals surface area contributed by atoms with Crippen molar-refractivity contribution in [2.45, 2.75) is 57.8 Å². The highest BCUT2D eigenvalue weighted by atomic mass is 32.2. The van der Waals surface area contributed by atoms with Gasteiger partial charge in [0.1, 0.15) is 11.6 Å². The third kappa shape index (κ3) is 8.76. The summed E-state index contributed by atoms with van der Waals surface area (Å²) in [5.74, 6) is 2.99. The quantitative estimate of drug-likeness (QED) is 0.232. The van der Waals surface area contributed by atoms with Crippen LogP contribution < -0.4 is 14.9 Å². The summed E-state index contributed by atoms with van der Waals surface area (Å²) < 4.78 is 27.7. The fourth-order valence-electron chi connectivity index (χ4n) is 5.35. The van der Waals surface area contributed by atoms with Crippen molar-refractivity contribution in [3.05, 3.63) is 89.7 Å². The maximum Gasteiger partial charge on any atom is 0.261 e. The Bertz CT molecular complexity index is 1630. The summed E-state index contributed by atoms with van der Waals surface area (Å²) in [6, 6.07) is 21.3. The number of nitrogens with one attached hydrogen (secondary N) is 2. The van der Waals surface area contributed by atoms with Crippen molar-refractivity contribution in [3.8, 4) is 0 Å². The lowest BCUT2D eigenvalue weighted by Crippen LogP contribution is -2.31. The smallest absolute Gasteiger partial charge is 0.261 e. The second kappa shape index (κ2) is 14.5. The van der Waals surface area contributed by atoms with E-state index in [2.05, 4.69) is 26.9 Å². The Hall–Kier alpha value is -3.98. The van der Waals surface area contributed by atoms with E-state index in [0.29, 0.717) is 23.7 Å². The van der Waals surface area contributed by atoms with Crippen LogP contribution in [-0.2, 0) is 10.0 Å². The van der Waals surface area contributed by atoms with Crippen molar-refractivity contribution in [2.24, 2.45) is 11.8 Å². The molecule has 0 bridgehead atoms. The van der Waals surface area contributed by atoms with Crippen LogP contribution in [0.1, 0.15) is 60.8 Å². The molecule has 0 aliphatic heterocycles. The van der Waals surface area contributed by atoms with Crippen LogP contribution in [0.15, 0.2) is 77.7 Å². The minimum Gasteiger partial charge on any atom is -0.362 e. The van der Waals surface area contributed by atoms with Gasteiger partial charge in [0.05, 0.1) is 10.4 Å². The van der Waals surface area contributed by atoms with E-state index in [1.807, 2.05) is 57.1 Å². The predicted molar refractivity (Wildman–Crippen MR) is 175 cm³/mol. The molecular weight excluding hydrogens is 558 g/mol. The first-order chi connectivity index (χ1) is 20.6. The molecule has 1 heterocycles. The van der Waals surface area contributed by atoms with Gasteiger partial charge < -0.3 is 10.2 Å². The van der Waals surface area contributed by atoms with Crippen molar-refractivity contribution in [1.82, 2.24) is 15.3 Å². The number of amides is 1. The average molecular weight is 602 g/mol. The van der Waals surface area contributed by atoms with E-state index in [-0.39, 0.29) is 10.8 Å². The Morgan fingerprint density at radius 2 is 1.56 bits per heavy atom. The van der Waals surface area contributed by atoms with E-state index in [4.69, 9.17) is 0 Å². The molecule has 5 rings (SSSR count). The van der Waals surface area contributed by atoms with Crippen LogP contribution in [0.2, 0.25) is 0 Å². The Kier molecular flexibility index (Phi) is 10.7. The van der Waals surface area contributed by atoms with Crippen LogP contribution in [0.25, 0.3) is 10.9 Å². The van der Waals surface area contributed by atoms with E-state index < -0.39 is 10.0 Å². The van der Waals surface area contributed by atoms with Crippen LogP contribution in [0, 0.1) is 25.7 Å². The fourth-order valence-corrected chi connectivity index (χ4v) is 6.40. The van der Waals surface area contributed by atoms with Crippen molar-refractivity contribution < 1.29 is 13.2 Å². The molecule has 9 heteroatoms. The molecule has 1 aliphatic rings. The van der Waals surface area contributed by atoms with Gasteiger partial charge in [-0.05, 0) is 81.0 Å². The summed E-state index contributed by atoms with van der Waals surface area (Å²) in [4.78, 5) is 23.5. The number of sulfonamides is 1. The Labute approximate surface area is 256 Å². The summed E-state index contributed by atoms with van der Waals surface area (Å²) in [5, 5.41) is 4.11. The number of anilines is 2. The van der Waals surface area contributed by atoms with Crippen LogP contribution in [0.5, 0.6) is 0 Å². The molecule has 0 atom stereocenters. The van der Waals surface area contributed by atoms with Crippen LogP contribution in [0.3, 0.4) is 0 Å². The van der Waals surface area contributed by atoms with E-state index in [1.165, 1.54) is 19.3 Å². The molecule has 228 valence electrons. The zero-order chi connectivity index (χ0) is 31.0. The van der Waals surface area contributed by atoms with Gasteiger partial charge >= 0.3 is 0 Å². The molecule has 8 nitrogen and oxygen atoms in total. The minimum atomic E-state index is -3.69. The largest absolute Gasteiger partial charge is 0.362 e. The molecule has 1 saturated carbocycles. The lowest BCUT2D eigenvalue weighted by atomic mass is 9.81. The van der Waals surface area contributed by atoms with E-state index in [9.17, 15) is 13.2 Å². The van der Waals surface area contributed by atoms with Gasteiger partial charge in [0.25, 0.3) is 15.9 Å². The maximum atomic E-state index is 12.6. The number of rotatable bonds is 8. The third-order valence-electron chi connectivity index (χ3n) is 7.92. The highest BCUT2D eigenvalue weighted by Gasteiger charge is 2.21. The van der Waals surface area contributed by atoms with Gasteiger partial charge in [0.2, 0.25) is 0 Å². The number of aromatic nitrogens is 2. The first-order valence-corrected chi connectivity index (χ1v) is 16.4. The lowest BCUT2D eigenvalue weighted by molar-refractivity contribution is 0.0941. The first-order valence-electron chi connectivity index (χ1n) is 14.9. The molecule has 0 spiro atoms. The Balaban J connectivity index is 0.000000251. The zero-order valence-electron chi connectivity index (χ0n) is 25.8. The number of para-hydroxylation sites is 1. The molecule has 3 aromatic carbocycles. The lowest BCUT2D eigenvalue weighted by Gasteiger charge is -2.27. The van der Waals surface area contributed by atoms with Gasteiger partial charge in [-0.25, -0.2) is 18.4 Å². The normalized spacial score (nSPS) is 16.6. The molecule has 1 fully saturated rings. The SMILES string of the molecule is CCC1CCC(CNC(=O)c2cccc(NS(=O)(=O)c3ccc(C)cc3)c2)CC1.Cc1nc(N(C)C)c2ccccc2n1. The van der Waals surface area contributed by atoms with Crippen molar-refractivity contribution in [2.75, 3.05) is 30.3 Å². The van der Waals surface area contributed by atoms with Gasteiger partial charge in [-0.3, -0.25) is 9.52 Å². The Morgan fingerprint density at radius 1 is 0.884 bits per heavy atom. The molecule has 1 amide bonds. The number of benzene rings is 3. The van der Waals surface area contributed by atoms with E-state index >= 15 is 0 Å². The topological polar surface area (TPSA) is 104 Å². The van der Waals surface area contributed by atoms with E-state index in [1.54, 1.807) is 48.5 Å². The summed E-state index contributed by atoms with van der Waals surface area (Å²) in [5.41, 5.74) is 2.83. The second-order valence-corrected chi connectivity index (χ2v) is 13.2. The first kappa shape index (κ1) is 31.9. The molecule has 0 radical (unpaired) electrons. The number of aryl methyl sites for hydroxylation is 2. The van der Waals surface area contributed by atoms with Crippen LogP contribution in [-0.4, -0.2) is 44.9 Å². The standard InChI is InChI=1S/C23H30N2O3S.C11H13N3/c1-3-18-9-11-19(12-10-18)16-24-23(26)20-5-4-6-21(15-20)25-29(27,28)22-13-7-17(2)8-14-22;1-8-12-10-7-5-4-6-9(10)11(13-8)14(2)3/h4-8,13-15,18-19,25H,3,9-12,16H2,1-2H3,(H,24,26);4-7H,1-3H3. The maximum absolute atomic E-state index is 12.6. The molecular formula is C34H43N5O3S.